The van der Waals surface area contributed by atoms with Gasteiger partial charge in [-0.15, -0.1) is 0 Å². The van der Waals surface area contributed by atoms with Gasteiger partial charge < -0.3 is 28.8 Å². The van der Waals surface area contributed by atoms with Crippen LogP contribution >= 0.6 is 0 Å². The van der Waals surface area contributed by atoms with E-state index in [0.717, 1.165) is 38.1 Å². The van der Waals surface area contributed by atoms with Gasteiger partial charge in [-0.3, -0.25) is 4.79 Å². The largest absolute Gasteiger partial charge is 0.490 e. The molecular formula is C21H29F3N2O6. The molecule has 32 heavy (non-hydrogen) atoms. The molecule has 0 radical (unpaired) electrons. The third-order valence-electron chi connectivity index (χ3n) is 6.04. The van der Waals surface area contributed by atoms with Gasteiger partial charge in [-0.2, -0.15) is 13.2 Å². The van der Waals surface area contributed by atoms with Gasteiger partial charge in [0, 0.05) is 25.1 Å². The minimum atomic E-state index is -5.08. The van der Waals surface area contributed by atoms with E-state index in [-0.39, 0.29) is 17.6 Å². The molecule has 3 aliphatic rings. The van der Waals surface area contributed by atoms with Crippen molar-refractivity contribution in [1.82, 2.24) is 9.80 Å². The quantitative estimate of drug-likeness (QED) is 0.719. The fourth-order valence-corrected chi connectivity index (χ4v) is 4.30. The number of carboxylic acid groups (broad SMARTS) is 1. The number of likely N-dealkylation sites (tertiary alicyclic amines) is 2. The minimum absolute atomic E-state index is 0.0265. The summed E-state index contributed by atoms with van der Waals surface area (Å²) >= 11 is 0. The lowest BCUT2D eigenvalue weighted by Gasteiger charge is -2.23. The minimum Gasteiger partial charge on any atom is -0.475 e. The summed E-state index contributed by atoms with van der Waals surface area (Å²) in [5.41, 5.74) is 0.662. The number of furan rings is 1. The second kappa shape index (κ2) is 10.2. The predicted octanol–water partition coefficient (Wildman–Crippen LogP) is 2.71. The molecule has 3 aliphatic heterocycles. The highest BCUT2D eigenvalue weighted by atomic mass is 19.4. The summed E-state index contributed by atoms with van der Waals surface area (Å²) in [5.74, 6) is -2.33. The van der Waals surface area contributed by atoms with E-state index in [1.165, 1.54) is 25.9 Å². The first-order chi connectivity index (χ1) is 15.1. The van der Waals surface area contributed by atoms with Crippen molar-refractivity contribution in [2.24, 2.45) is 0 Å². The molecule has 1 aromatic heterocycles. The number of rotatable bonds is 5. The van der Waals surface area contributed by atoms with Crippen LogP contribution in [0.2, 0.25) is 0 Å². The third kappa shape index (κ3) is 6.23. The Bertz CT molecular complexity index is 793. The number of aliphatic carboxylic acids is 1. The predicted molar refractivity (Wildman–Crippen MR) is 106 cm³/mol. The molecule has 11 heteroatoms. The van der Waals surface area contributed by atoms with Crippen LogP contribution in [0.15, 0.2) is 16.7 Å². The zero-order valence-corrected chi connectivity index (χ0v) is 18.0. The zero-order valence-electron chi connectivity index (χ0n) is 18.0. The molecule has 0 saturated carbocycles. The van der Waals surface area contributed by atoms with Crippen molar-refractivity contribution in [3.8, 4) is 0 Å². The molecule has 0 bridgehead atoms. The average Bonchev–Trinajstić information content (AvgIpc) is 3.51. The number of halogens is 3. The molecule has 3 saturated heterocycles. The molecule has 3 fully saturated rings. The van der Waals surface area contributed by atoms with E-state index in [4.69, 9.17) is 23.8 Å². The third-order valence-corrected chi connectivity index (χ3v) is 6.04. The van der Waals surface area contributed by atoms with Crippen LogP contribution in [0.4, 0.5) is 13.2 Å². The van der Waals surface area contributed by atoms with Gasteiger partial charge in [0.1, 0.15) is 0 Å². The van der Waals surface area contributed by atoms with Gasteiger partial charge in [0.15, 0.2) is 5.76 Å². The van der Waals surface area contributed by atoms with Crippen LogP contribution in [0.25, 0.3) is 0 Å². The van der Waals surface area contributed by atoms with Gasteiger partial charge in [0.2, 0.25) is 0 Å². The highest BCUT2D eigenvalue weighted by Gasteiger charge is 2.47. The monoisotopic (exact) mass is 462 g/mol. The standard InChI is InChI=1S/C19H28N2O4.C2HF3O2/c1-15-4-10-24-17(15)18(22)21-8-5-19(14-21)12-16(13-25-19)23-11-9-20-6-2-3-7-20;3-2(4,5)1(6)7/h4,10,16H,2-3,5-9,11-14H2,1H3;(H,6,7)/t16-,19-;/m0./s1. The molecule has 4 heterocycles. The van der Waals surface area contributed by atoms with Gasteiger partial charge in [-0.25, -0.2) is 4.79 Å². The van der Waals surface area contributed by atoms with Crippen molar-refractivity contribution in [3.63, 3.8) is 0 Å². The number of nitrogens with zero attached hydrogens (tertiary/aromatic N) is 2. The second-order valence-corrected chi connectivity index (χ2v) is 8.45. The van der Waals surface area contributed by atoms with Crippen LogP contribution in [0.3, 0.4) is 0 Å². The molecule has 2 atom stereocenters. The Morgan fingerprint density at radius 3 is 2.56 bits per heavy atom. The molecule has 8 nitrogen and oxygen atoms in total. The van der Waals surface area contributed by atoms with Gasteiger partial charge >= 0.3 is 12.1 Å². The van der Waals surface area contributed by atoms with Crippen LogP contribution in [-0.4, -0.2) is 90.6 Å². The van der Waals surface area contributed by atoms with Crippen molar-refractivity contribution in [3.05, 3.63) is 23.7 Å². The molecule has 180 valence electrons. The molecule has 1 amide bonds. The van der Waals surface area contributed by atoms with Gasteiger partial charge in [0.25, 0.3) is 5.91 Å². The van der Waals surface area contributed by atoms with Crippen LogP contribution < -0.4 is 0 Å². The van der Waals surface area contributed by atoms with Gasteiger partial charge in [-0.1, -0.05) is 0 Å². The van der Waals surface area contributed by atoms with E-state index < -0.39 is 12.1 Å². The number of alkyl halides is 3. The number of carbonyl (C=O) groups excluding carboxylic acids is 1. The lowest BCUT2D eigenvalue weighted by atomic mass is 9.98. The molecule has 0 aromatic carbocycles. The summed E-state index contributed by atoms with van der Waals surface area (Å²) in [7, 11) is 0. The Labute approximate surface area is 184 Å². The van der Waals surface area contributed by atoms with E-state index >= 15 is 0 Å². The normalized spacial score (nSPS) is 25.9. The maximum atomic E-state index is 12.6. The van der Waals surface area contributed by atoms with E-state index in [2.05, 4.69) is 4.90 Å². The topological polar surface area (TPSA) is 92.5 Å². The maximum absolute atomic E-state index is 12.6. The van der Waals surface area contributed by atoms with Crippen molar-refractivity contribution >= 4 is 11.9 Å². The fraction of sp³-hybridized carbons (Fsp3) is 0.714. The summed E-state index contributed by atoms with van der Waals surface area (Å²) in [5, 5.41) is 7.12. The first-order valence-electron chi connectivity index (χ1n) is 10.7. The van der Waals surface area contributed by atoms with Gasteiger partial charge in [0.05, 0.1) is 37.7 Å². The van der Waals surface area contributed by atoms with Crippen molar-refractivity contribution < 1.29 is 41.8 Å². The first-order valence-corrected chi connectivity index (χ1v) is 10.7. The molecule has 1 aromatic rings. The van der Waals surface area contributed by atoms with Crippen molar-refractivity contribution in [1.29, 1.82) is 0 Å². The number of ether oxygens (including phenoxy) is 2. The Morgan fingerprint density at radius 1 is 1.28 bits per heavy atom. The van der Waals surface area contributed by atoms with E-state index in [1.54, 1.807) is 6.26 Å². The average molecular weight is 462 g/mol. The molecule has 0 aliphatic carbocycles. The van der Waals surface area contributed by atoms with Crippen molar-refractivity contribution in [2.75, 3.05) is 45.9 Å². The zero-order chi connectivity index (χ0) is 23.4. The maximum Gasteiger partial charge on any atom is 0.490 e. The number of carboxylic acids is 1. The summed E-state index contributed by atoms with van der Waals surface area (Å²) in [4.78, 5) is 25.8. The highest BCUT2D eigenvalue weighted by Crippen LogP contribution is 2.37. The lowest BCUT2D eigenvalue weighted by Crippen LogP contribution is -2.36. The highest BCUT2D eigenvalue weighted by molar-refractivity contribution is 5.93. The number of aryl methyl sites for hydroxylation is 1. The van der Waals surface area contributed by atoms with Crippen LogP contribution in [0.1, 0.15) is 41.8 Å². The number of carbonyl (C=O) groups is 2. The Hall–Kier alpha value is -2.11. The van der Waals surface area contributed by atoms with Gasteiger partial charge in [-0.05, 0) is 45.3 Å². The lowest BCUT2D eigenvalue weighted by molar-refractivity contribution is -0.192. The summed E-state index contributed by atoms with van der Waals surface area (Å²) in [6, 6.07) is 1.83. The first kappa shape index (κ1) is 24.5. The van der Waals surface area contributed by atoms with E-state index in [0.29, 0.717) is 18.9 Å². The smallest absolute Gasteiger partial charge is 0.475 e. The fourth-order valence-electron chi connectivity index (χ4n) is 4.30. The SMILES string of the molecule is Cc1ccoc1C(=O)N1CC[C@]2(C[C@H](OCCN3CCCC3)CO2)C1.O=C(O)C(F)(F)F. The van der Waals surface area contributed by atoms with Crippen LogP contribution in [0, 0.1) is 6.92 Å². The van der Waals surface area contributed by atoms with Crippen LogP contribution in [0.5, 0.6) is 0 Å². The van der Waals surface area contributed by atoms with Crippen molar-refractivity contribution in [2.45, 2.75) is 50.5 Å². The second-order valence-electron chi connectivity index (χ2n) is 8.45. The molecular weight excluding hydrogens is 433 g/mol. The van der Waals surface area contributed by atoms with Crippen LogP contribution in [-0.2, 0) is 14.3 Å². The van der Waals surface area contributed by atoms with E-state index in [1.807, 2.05) is 17.9 Å². The molecule has 1 spiro atoms. The number of hydrogen-bond acceptors (Lipinski definition) is 6. The molecule has 1 N–H and O–H groups in total. The molecule has 4 rings (SSSR count). The number of amides is 1. The Kier molecular flexibility index (Phi) is 7.84. The summed E-state index contributed by atoms with van der Waals surface area (Å²) in [6.07, 6.45) is 1.04. The Morgan fingerprint density at radius 2 is 1.97 bits per heavy atom. The molecule has 0 unspecified atom stereocenters. The number of hydrogen-bond donors (Lipinski definition) is 1. The summed E-state index contributed by atoms with van der Waals surface area (Å²) < 4.78 is 49.2. The van der Waals surface area contributed by atoms with E-state index in [9.17, 15) is 18.0 Å². The summed E-state index contributed by atoms with van der Waals surface area (Å²) in [6.45, 7) is 8.11. The Balaban J connectivity index is 0.000000360.